The van der Waals surface area contributed by atoms with Crippen LogP contribution in [0.5, 0.6) is 0 Å². The second-order valence-corrected chi connectivity index (χ2v) is 4.88. The Balaban J connectivity index is 2.01. The lowest BCUT2D eigenvalue weighted by Gasteiger charge is -2.00. The van der Waals surface area contributed by atoms with Gasteiger partial charge in [0.1, 0.15) is 0 Å². The van der Waals surface area contributed by atoms with Gasteiger partial charge in [-0.15, -0.1) is 11.8 Å². The Labute approximate surface area is 110 Å². The van der Waals surface area contributed by atoms with Gasteiger partial charge in [0.25, 0.3) is 0 Å². The molecule has 94 valence electrons. The Hall–Kier alpha value is -1.62. The van der Waals surface area contributed by atoms with Crippen LogP contribution in [0.1, 0.15) is 35.9 Å². The van der Waals surface area contributed by atoms with Crippen molar-refractivity contribution in [3.05, 3.63) is 41.5 Å². The zero-order valence-corrected chi connectivity index (χ0v) is 11.2. The van der Waals surface area contributed by atoms with Gasteiger partial charge in [0.15, 0.2) is 11.6 Å². The highest BCUT2D eigenvalue weighted by molar-refractivity contribution is 7.98. The minimum Gasteiger partial charge on any atom is -0.338 e. The highest BCUT2D eigenvalue weighted by atomic mass is 32.2. The zero-order chi connectivity index (χ0) is 13.0. The third-order valence-electron chi connectivity index (χ3n) is 2.43. The molecule has 5 heteroatoms. The lowest BCUT2D eigenvalue weighted by Crippen LogP contribution is -1.91. The number of nitrogens with zero attached hydrogens (tertiary/aromatic N) is 2. The van der Waals surface area contributed by atoms with E-state index in [1.807, 2.05) is 31.2 Å². The summed E-state index contributed by atoms with van der Waals surface area (Å²) in [6.45, 7) is 3.55. The van der Waals surface area contributed by atoms with Crippen molar-refractivity contribution in [2.45, 2.75) is 30.9 Å². The summed E-state index contributed by atoms with van der Waals surface area (Å²) in [5, 5.41) is 3.84. The second kappa shape index (κ2) is 5.82. The first kappa shape index (κ1) is 12.8. The van der Waals surface area contributed by atoms with E-state index >= 15 is 0 Å². The molecule has 0 radical (unpaired) electrons. The molecule has 4 nitrogen and oxygen atoms in total. The standard InChI is InChI=1S/C13H14N2O2S/c1-3-12-14-13(17-15-12)8-18-11-6-4-5-10(7-11)9(2)16/h4-7H,3,8H2,1-2H3. The molecule has 0 saturated carbocycles. The highest BCUT2D eigenvalue weighted by Crippen LogP contribution is 2.23. The molecule has 0 atom stereocenters. The second-order valence-electron chi connectivity index (χ2n) is 3.83. The monoisotopic (exact) mass is 262 g/mol. The number of thioether (sulfide) groups is 1. The molecule has 0 amide bonds. The number of hydrogen-bond acceptors (Lipinski definition) is 5. The molecule has 1 aromatic heterocycles. The zero-order valence-electron chi connectivity index (χ0n) is 10.3. The lowest BCUT2D eigenvalue weighted by molar-refractivity contribution is 0.101. The van der Waals surface area contributed by atoms with Gasteiger partial charge in [-0.05, 0) is 19.1 Å². The van der Waals surface area contributed by atoms with Crippen molar-refractivity contribution >= 4 is 17.5 Å². The van der Waals surface area contributed by atoms with Gasteiger partial charge in [-0.1, -0.05) is 24.2 Å². The number of carbonyl (C=O) groups is 1. The number of hydrogen-bond donors (Lipinski definition) is 0. The summed E-state index contributed by atoms with van der Waals surface area (Å²) in [6, 6.07) is 7.54. The van der Waals surface area contributed by atoms with Crippen LogP contribution in [0.25, 0.3) is 0 Å². The van der Waals surface area contributed by atoms with Crippen molar-refractivity contribution in [2.75, 3.05) is 0 Å². The summed E-state index contributed by atoms with van der Waals surface area (Å²) in [7, 11) is 0. The molecule has 0 saturated heterocycles. The number of Topliss-reactive ketones (excluding diaryl/α,β-unsaturated/α-hetero) is 1. The molecular formula is C13H14N2O2S. The van der Waals surface area contributed by atoms with Crippen LogP contribution in [0, 0.1) is 0 Å². The van der Waals surface area contributed by atoms with Crippen LogP contribution in [-0.4, -0.2) is 15.9 Å². The number of rotatable bonds is 5. The predicted octanol–water partition coefficient (Wildman–Crippen LogP) is 3.13. The summed E-state index contributed by atoms with van der Waals surface area (Å²) >= 11 is 1.58. The van der Waals surface area contributed by atoms with E-state index in [1.54, 1.807) is 18.7 Å². The molecular weight excluding hydrogens is 248 g/mol. The molecule has 1 heterocycles. The van der Waals surface area contributed by atoms with Crippen LogP contribution >= 0.6 is 11.8 Å². The Bertz CT molecular complexity index is 551. The Morgan fingerprint density at radius 2 is 2.28 bits per heavy atom. The number of aromatic nitrogens is 2. The van der Waals surface area contributed by atoms with Crippen LogP contribution < -0.4 is 0 Å². The van der Waals surface area contributed by atoms with E-state index in [1.165, 1.54) is 0 Å². The summed E-state index contributed by atoms with van der Waals surface area (Å²) in [4.78, 5) is 16.5. The fourth-order valence-electron chi connectivity index (χ4n) is 1.44. The van der Waals surface area contributed by atoms with Crippen molar-refractivity contribution in [3.63, 3.8) is 0 Å². The maximum atomic E-state index is 11.3. The molecule has 2 rings (SSSR count). The van der Waals surface area contributed by atoms with Gasteiger partial charge in [-0.3, -0.25) is 4.79 Å². The molecule has 18 heavy (non-hydrogen) atoms. The molecule has 0 fully saturated rings. The van der Waals surface area contributed by atoms with E-state index in [2.05, 4.69) is 10.1 Å². The van der Waals surface area contributed by atoms with Crippen molar-refractivity contribution in [1.82, 2.24) is 10.1 Å². The largest absolute Gasteiger partial charge is 0.338 e. The molecule has 0 aliphatic rings. The van der Waals surface area contributed by atoms with Gasteiger partial charge in [0, 0.05) is 16.9 Å². The summed E-state index contributed by atoms with van der Waals surface area (Å²) in [6.07, 6.45) is 0.772. The van der Waals surface area contributed by atoms with Gasteiger partial charge in [-0.2, -0.15) is 4.98 Å². The van der Waals surface area contributed by atoms with Gasteiger partial charge in [-0.25, -0.2) is 0 Å². The first-order valence-electron chi connectivity index (χ1n) is 5.74. The van der Waals surface area contributed by atoms with Gasteiger partial charge < -0.3 is 4.52 Å². The highest BCUT2D eigenvalue weighted by Gasteiger charge is 2.06. The van der Waals surface area contributed by atoms with E-state index in [0.29, 0.717) is 11.6 Å². The first-order chi connectivity index (χ1) is 8.69. The number of aryl methyl sites for hydroxylation is 1. The van der Waals surface area contributed by atoms with Crippen LogP contribution in [0.3, 0.4) is 0 Å². The normalized spacial score (nSPS) is 10.6. The van der Waals surface area contributed by atoms with Gasteiger partial charge in [0.05, 0.1) is 5.75 Å². The average Bonchev–Trinajstić information content (AvgIpc) is 2.84. The van der Waals surface area contributed by atoms with Crippen LogP contribution in [0.15, 0.2) is 33.7 Å². The molecule has 2 aromatic rings. The van der Waals surface area contributed by atoms with Crippen LogP contribution in [0.4, 0.5) is 0 Å². The third kappa shape index (κ3) is 3.20. The molecule has 1 aromatic carbocycles. The Morgan fingerprint density at radius 1 is 1.44 bits per heavy atom. The molecule has 0 aliphatic heterocycles. The van der Waals surface area contributed by atoms with E-state index < -0.39 is 0 Å². The summed E-state index contributed by atoms with van der Waals surface area (Å²) in [5.74, 6) is 2.03. The van der Waals surface area contributed by atoms with E-state index in [-0.39, 0.29) is 5.78 Å². The summed E-state index contributed by atoms with van der Waals surface area (Å²) in [5.41, 5.74) is 0.722. The smallest absolute Gasteiger partial charge is 0.237 e. The fraction of sp³-hybridized carbons (Fsp3) is 0.308. The van der Waals surface area contributed by atoms with E-state index in [9.17, 15) is 4.79 Å². The lowest BCUT2D eigenvalue weighted by atomic mass is 10.2. The predicted molar refractivity (Wildman–Crippen MR) is 69.7 cm³/mol. The van der Waals surface area contributed by atoms with Crippen LogP contribution in [-0.2, 0) is 12.2 Å². The van der Waals surface area contributed by atoms with Crippen molar-refractivity contribution in [2.24, 2.45) is 0 Å². The minimum absolute atomic E-state index is 0.0727. The fourth-order valence-corrected chi connectivity index (χ4v) is 2.23. The molecule has 0 N–H and O–H groups in total. The third-order valence-corrected chi connectivity index (χ3v) is 3.41. The average molecular weight is 262 g/mol. The number of benzene rings is 1. The minimum atomic E-state index is 0.0727. The number of ketones is 1. The molecule has 0 unspecified atom stereocenters. The van der Waals surface area contributed by atoms with Crippen LogP contribution in [0.2, 0.25) is 0 Å². The topological polar surface area (TPSA) is 56.0 Å². The summed E-state index contributed by atoms with van der Waals surface area (Å²) < 4.78 is 5.11. The SMILES string of the molecule is CCc1noc(CSc2cccc(C(C)=O)c2)n1. The van der Waals surface area contributed by atoms with Gasteiger partial charge >= 0.3 is 0 Å². The van der Waals surface area contributed by atoms with Crippen molar-refractivity contribution < 1.29 is 9.32 Å². The maximum absolute atomic E-state index is 11.3. The first-order valence-corrected chi connectivity index (χ1v) is 6.73. The maximum Gasteiger partial charge on any atom is 0.237 e. The van der Waals surface area contributed by atoms with E-state index in [0.717, 1.165) is 22.7 Å². The Morgan fingerprint density at radius 3 is 2.94 bits per heavy atom. The van der Waals surface area contributed by atoms with Crippen molar-refractivity contribution in [1.29, 1.82) is 0 Å². The molecule has 0 aliphatic carbocycles. The quantitative estimate of drug-likeness (QED) is 0.612. The van der Waals surface area contributed by atoms with E-state index in [4.69, 9.17) is 4.52 Å². The molecule has 0 bridgehead atoms. The van der Waals surface area contributed by atoms with Crippen molar-refractivity contribution in [3.8, 4) is 0 Å². The number of carbonyl (C=O) groups excluding carboxylic acids is 1. The Kier molecular flexibility index (Phi) is 4.15. The molecule has 0 spiro atoms. The van der Waals surface area contributed by atoms with Gasteiger partial charge in [0.2, 0.25) is 5.89 Å².